The number of thiol groups is 1. The number of benzene rings is 1. The lowest BCUT2D eigenvalue weighted by molar-refractivity contribution is 0.776. The molecule has 0 aliphatic rings. The Kier molecular flexibility index (Phi) is 6.15. The first-order valence-corrected chi connectivity index (χ1v) is 6.52. The van der Waals surface area contributed by atoms with E-state index in [9.17, 15) is 0 Å². The van der Waals surface area contributed by atoms with Crippen molar-refractivity contribution in [2.45, 2.75) is 18.2 Å². The second-order valence-corrected chi connectivity index (χ2v) is 4.64. The van der Waals surface area contributed by atoms with Crippen molar-refractivity contribution >= 4 is 24.4 Å². The highest BCUT2D eigenvalue weighted by molar-refractivity contribution is 7.99. The zero-order valence-corrected chi connectivity index (χ0v) is 10.2. The number of nitrogens with one attached hydrogen (secondary N) is 1. The molecule has 0 aliphatic carbocycles. The third kappa shape index (κ3) is 4.40. The van der Waals surface area contributed by atoms with Crippen LogP contribution in [-0.4, -0.2) is 18.2 Å². The van der Waals surface area contributed by atoms with Gasteiger partial charge in [0.05, 0.1) is 0 Å². The van der Waals surface area contributed by atoms with E-state index in [1.165, 1.54) is 10.5 Å². The van der Waals surface area contributed by atoms with E-state index in [1.54, 1.807) is 0 Å². The van der Waals surface area contributed by atoms with Gasteiger partial charge < -0.3 is 5.32 Å². The Morgan fingerprint density at radius 1 is 1.29 bits per heavy atom. The molecule has 0 atom stereocenters. The van der Waals surface area contributed by atoms with Crippen LogP contribution >= 0.6 is 24.4 Å². The summed E-state index contributed by atoms with van der Waals surface area (Å²) < 4.78 is 0. The lowest BCUT2D eigenvalue weighted by Crippen LogP contribution is -2.14. The topological polar surface area (TPSA) is 12.0 Å². The molecular weight excluding hydrogens is 210 g/mol. The van der Waals surface area contributed by atoms with Crippen LogP contribution in [0.4, 0.5) is 0 Å². The lowest BCUT2D eigenvalue weighted by Gasteiger charge is -2.03. The van der Waals surface area contributed by atoms with E-state index in [-0.39, 0.29) is 0 Å². The van der Waals surface area contributed by atoms with Crippen LogP contribution in [0.2, 0.25) is 0 Å². The zero-order valence-electron chi connectivity index (χ0n) is 8.49. The Morgan fingerprint density at radius 3 is 2.57 bits per heavy atom. The van der Waals surface area contributed by atoms with Crippen LogP contribution in [0.3, 0.4) is 0 Å². The van der Waals surface area contributed by atoms with Crippen LogP contribution in [0.1, 0.15) is 12.5 Å². The Labute approximate surface area is 96.1 Å². The molecule has 14 heavy (non-hydrogen) atoms. The maximum atomic E-state index is 4.10. The van der Waals surface area contributed by atoms with Crippen molar-refractivity contribution < 1.29 is 0 Å². The fraction of sp³-hybridized carbons (Fsp3) is 0.455. The molecule has 0 bridgehead atoms. The van der Waals surface area contributed by atoms with Crippen molar-refractivity contribution in [2.75, 3.05) is 18.2 Å². The molecule has 0 radical (unpaired) electrons. The van der Waals surface area contributed by atoms with E-state index in [4.69, 9.17) is 0 Å². The summed E-state index contributed by atoms with van der Waals surface area (Å²) in [7, 11) is 0. The fourth-order valence-electron chi connectivity index (χ4n) is 1.23. The fourth-order valence-corrected chi connectivity index (χ4v) is 2.05. The standard InChI is InChI=1S/C11H17NS2/c1-2-14-11-5-3-10(4-6-11)7-8-12-9-13/h3-6,12-13H,2,7-9H2,1H3. The molecule has 1 nitrogen and oxygen atoms in total. The third-order valence-electron chi connectivity index (χ3n) is 1.94. The van der Waals surface area contributed by atoms with Crippen molar-refractivity contribution in [1.29, 1.82) is 0 Å². The number of thioether (sulfide) groups is 1. The SMILES string of the molecule is CCSc1ccc(CCNCS)cc1. The molecule has 0 spiro atoms. The van der Waals surface area contributed by atoms with Crippen molar-refractivity contribution in [3.63, 3.8) is 0 Å². The van der Waals surface area contributed by atoms with Crippen LogP contribution < -0.4 is 5.32 Å². The van der Waals surface area contributed by atoms with Crippen molar-refractivity contribution in [3.05, 3.63) is 29.8 Å². The molecule has 0 amide bonds. The van der Waals surface area contributed by atoms with E-state index in [0.717, 1.165) is 24.6 Å². The van der Waals surface area contributed by atoms with Gasteiger partial charge in [-0.3, -0.25) is 0 Å². The first-order valence-electron chi connectivity index (χ1n) is 4.90. The van der Waals surface area contributed by atoms with E-state index < -0.39 is 0 Å². The minimum absolute atomic E-state index is 0.754. The van der Waals surface area contributed by atoms with E-state index in [2.05, 4.69) is 49.1 Å². The highest BCUT2D eigenvalue weighted by Crippen LogP contribution is 2.17. The smallest absolute Gasteiger partial charge is 0.0387 e. The predicted octanol–water partition coefficient (Wildman–Crippen LogP) is 2.82. The van der Waals surface area contributed by atoms with Gasteiger partial charge in [0.25, 0.3) is 0 Å². The Balaban J connectivity index is 2.38. The quantitative estimate of drug-likeness (QED) is 0.335. The van der Waals surface area contributed by atoms with Crippen LogP contribution in [0.15, 0.2) is 29.2 Å². The molecule has 78 valence electrons. The Bertz CT molecular complexity index is 246. The molecule has 0 aromatic heterocycles. The van der Waals surface area contributed by atoms with Crippen molar-refractivity contribution in [1.82, 2.24) is 5.32 Å². The second-order valence-electron chi connectivity index (χ2n) is 2.99. The minimum atomic E-state index is 0.754. The van der Waals surface area contributed by atoms with Gasteiger partial charge in [0.1, 0.15) is 0 Å². The minimum Gasteiger partial charge on any atom is -0.308 e. The Hall–Kier alpha value is -0.120. The molecule has 0 saturated heterocycles. The largest absolute Gasteiger partial charge is 0.308 e. The van der Waals surface area contributed by atoms with Gasteiger partial charge in [-0.1, -0.05) is 19.1 Å². The van der Waals surface area contributed by atoms with Gasteiger partial charge in [-0.2, -0.15) is 12.6 Å². The van der Waals surface area contributed by atoms with Gasteiger partial charge in [0.15, 0.2) is 0 Å². The highest BCUT2D eigenvalue weighted by atomic mass is 32.2. The van der Waals surface area contributed by atoms with E-state index in [0.29, 0.717) is 0 Å². The molecular formula is C11H17NS2. The highest BCUT2D eigenvalue weighted by Gasteiger charge is 1.94. The first-order chi connectivity index (χ1) is 6.86. The number of hydrogen-bond acceptors (Lipinski definition) is 3. The lowest BCUT2D eigenvalue weighted by atomic mass is 10.1. The summed E-state index contributed by atoms with van der Waals surface area (Å²) in [6.07, 6.45) is 1.08. The predicted molar refractivity (Wildman–Crippen MR) is 68.4 cm³/mol. The summed E-state index contributed by atoms with van der Waals surface area (Å²) >= 11 is 5.98. The molecule has 0 saturated carbocycles. The number of rotatable bonds is 6. The normalized spacial score (nSPS) is 10.4. The van der Waals surface area contributed by atoms with E-state index in [1.807, 2.05) is 11.8 Å². The molecule has 1 aromatic rings. The van der Waals surface area contributed by atoms with Gasteiger partial charge in [-0.15, -0.1) is 11.8 Å². The molecule has 0 heterocycles. The van der Waals surface area contributed by atoms with E-state index >= 15 is 0 Å². The van der Waals surface area contributed by atoms with Crippen molar-refractivity contribution in [3.8, 4) is 0 Å². The van der Waals surface area contributed by atoms with Crippen LogP contribution in [0.5, 0.6) is 0 Å². The first kappa shape index (κ1) is 12.0. The average molecular weight is 227 g/mol. The van der Waals surface area contributed by atoms with Crippen LogP contribution in [-0.2, 0) is 6.42 Å². The summed E-state index contributed by atoms with van der Waals surface area (Å²) in [6.45, 7) is 3.18. The van der Waals surface area contributed by atoms with Gasteiger partial charge in [0.2, 0.25) is 0 Å². The van der Waals surface area contributed by atoms with Gasteiger partial charge in [-0.05, 0) is 36.4 Å². The monoisotopic (exact) mass is 227 g/mol. The van der Waals surface area contributed by atoms with Crippen LogP contribution in [0.25, 0.3) is 0 Å². The summed E-state index contributed by atoms with van der Waals surface area (Å²) in [5, 5.41) is 3.20. The maximum absolute atomic E-state index is 4.10. The summed E-state index contributed by atoms with van der Waals surface area (Å²) in [6, 6.07) is 8.81. The van der Waals surface area contributed by atoms with Crippen LogP contribution in [0, 0.1) is 0 Å². The molecule has 3 heteroatoms. The van der Waals surface area contributed by atoms with Gasteiger partial charge >= 0.3 is 0 Å². The summed E-state index contributed by atoms with van der Waals surface area (Å²) in [4.78, 5) is 1.36. The molecule has 0 fully saturated rings. The number of hydrogen-bond donors (Lipinski definition) is 2. The summed E-state index contributed by atoms with van der Waals surface area (Å²) in [5.41, 5.74) is 1.39. The van der Waals surface area contributed by atoms with Gasteiger partial charge in [-0.25, -0.2) is 0 Å². The van der Waals surface area contributed by atoms with Gasteiger partial charge in [0, 0.05) is 10.8 Å². The molecule has 1 N–H and O–H groups in total. The Morgan fingerprint density at radius 2 is 2.00 bits per heavy atom. The zero-order chi connectivity index (χ0) is 10.2. The second kappa shape index (κ2) is 7.21. The average Bonchev–Trinajstić information content (AvgIpc) is 2.21. The molecule has 0 unspecified atom stereocenters. The summed E-state index contributed by atoms with van der Waals surface area (Å²) in [5.74, 6) is 1.89. The molecule has 1 aromatic carbocycles. The molecule has 1 rings (SSSR count). The third-order valence-corrected chi connectivity index (χ3v) is 3.05. The molecule has 0 aliphatic heterocycles. The maximum Gasteiger partial charge on any atom is 0.0387 e. The van der Waals surface area contributed by atoms with Crippen molar-refractivity contribution in [2.24, 2.45) is 0 Å².